The zero-order valence-electron chi connectivity index (χ0n) is 20.7. The number of carbonyl (C=O) groups excluding carboxylic acids is 1. The SMILES string of the molecule is C/C=C(/c1cnc(C(=O)NCC(C)(C)C(=O)O)c(O)c1)c1cc(OC)ncc1C(C)C.CC. The van der Waals surface area contributed by atoms with Crippen LogP contribution in [-0.2, 0) is 4.79 Å². The Morgan fingerprint density at radius 2 is 1.82 bits per heavy atom. The number of carboxylic acid groups (broad SMARTS) is 1. The molecule has 33 heavy (non-hydrogen) atoms. The molecule has 2 aromatic rings. The minimum Gasteiger partial charge on any atom is -0.505 e. The second kappa shape index (κ2) is 12.0. The van der Waals surface area contributed by atoms with Gasteiger partial charge in [0.1, 0.15) is 5.75 Å². The molecule has 0 spiro atoms. The molecule has 0 bridgehead atoms. The summed E-state index contributed by atoms with van der Waals surface area (Å²) in [5.74, 6) is -1.31. The standard InChI is InChI=1S/C23H29N3O5.C2H6/c1-7-15(16-9-19(31-6)24-11-17(16)13(2)3)14-8-18(27)20(25-10-14)21(28)26-12-23(4,5)22(29)30;1-2/h7-11,13,27H,12H2,1-6H3,(H,26,28)(H,29,30);1-2H3/b15-7-;. The number of hydrogen-bond donors (Lipinski definition) is 3. The van der Waals surface area contributed by atoms with Gasteiger partial charge in [-0.1, -0.05) is 33.8 Å². The number of hydrogen-bond acceptors (Lipinski definition) is 6. The molecule has 0 aliphatic carbocycles. The Morgan fingerprint density at radius 1 is 1.18 bits per heavy atom. The molecule has 0 fully saturated rings. The normalized spacial score (nSPS) is 11.5. The van der Waals surface area contributed by atoms with Crippen molar-refractivity contribution in [3.05, 3.63) is 53.0 Å². The third kappa shape index (κ3) is 6.78. The highest BCUT2D eigenvalue weighted by Crippen LogP contribution is 2.33. The maximum absolute atomic E-state index is 12.4. The lowest BCUT2D eigenvalue weighted by Gasteiger charge is -2.19. The van der Waals surface area contributed by atoms with Gasteiger partial charge in [-0.05, 0) is 49.5 Å². The number of ether oxygens (including phenoxy) is 1. The van der Waals surface area contributed by atoms with Crippen molar-refractivity contribution >= 4 is 17.4 Å². The second-order valence-corrected chi connectivity index (χ2v) is 8.13. The molecule has 180 valence electrons. The van der Waals surface area contributed by atoms with E-state index in [0.717, 1.165) is 16.7 Å². The first-order valence-corrected chi connectivity index (χ1v) is 10.9. The number of carboxylic acids is 1. The van der Waals surface area contributed by atoms with E-state index in [2.05, 4.69) is 29.1 Å². The van der Waals surface area contributed by atoms with Gasteiger partial charge in [0.25, 0.3) is 5.91 Å². The number of methoxy groups -OCH3 is 1. The Balaban J connectivity index is 0.00000265. The van der Waals surface area contributed by atoms with Crippen molar-refractivity contribution in [2.45, 2.75) is 54.4 Å². The number of nitrogens with one attached hydrogen (secondary N) is 1. The minimum atomic E-state index is -1.14. The molecule has 2 aromatic heterocycles. The van der Waals surface area contributed by atoms with E-state index in [0.29, 0.717) is 11.4 Å². The summed E-state index contributed by atoms with van der Waals surface area (Å²) in [7, 11) is 1.54. The number of aromatic hydroxyl groups is 1. The molecule has 1 amide bonds. The molecule has 8 heteroatoms. The Morgan fingerprint density at radius 3 is 2.30 bits per heavy atom. The first-order chi connectivity index (χ1) is 15.5. The maximum Gasteiger partial charge on any atom is 0.310 e. The average Bonchev–Trinajstić information content (AvgIpc) is 2.79. The molecule has 0 unspecified atom stereocenters. The number of carbonyl (C=O) groups is 2. The summed E-state index contributed by atoms with van der Waals surface area (Å²) in [5, 5.41) is 22.2. The highest BCUT2D eigenvalue weighted by molar-refractivity contribution is 5.96. The van der Waals surface area contributed by atoms with E-state index >= 15 is 0 Å². The van der Waals surface area contributed by atoms with Crippen LogP contribution in [0.2, 0.25) is 0 Å². The molecule has 0 atom stereocenters. The van der Waals surface area contributed by atoms with Crippen LogP contribution in [0.1, 0.15) is 81.6 Å². The van der Waals surface area contributed by atoms with Crippen molar-refractivity contribution in [2.24, 2.45) is 5.41 Å². The van der Waals surface area contributed by atoms with Gasteiger partial charge in [-0.15, -0.1) is 0 Å². The molecule has 0 saturated heterocycles. The highest BCUT2D eigenvalue weighted by atomic mass is 16.5. The molecule has 0 radical (unpaired) electrons. The first kappa shape index (κ1) is 27.6. The van der Waals surface area contributed by atoms with Crippen LogP contribution in [0.5, 0.6) is 11.6 Å². The molecule has 2 rings (SSSR count). The lowest BCUT2D eigenvalue weighted by Crippen LogP contribution is -2.39. The summed E-state index contributed by atoms with van der Waals surface area (Å²) in [6, 6.07) is 3.30. The third-order valence-corrected chi connectivity index (χ3v) is 4.98. The van der Waals surface area contributed by atoms with Gasteiger partial charge in [-0.3, -0.25) is 9.59 Å². The van der Waals surface area contributed by atoms with Crippen LogP contribution in [-0.4, -0.2) is 45.7 Å². The molecule has 8 nitrogen and oxygen atoms in total. The van der Waals surface area contributed by atoms with Gasteiger partial charge in [0.2, 0.25) is 5.88 Å². The molecular weight excluding hydrogens is 422 g/mol. The van der Waals surface area contributed by atoms with E-state index in [1.54, 1.807) is 13.3 Å². The lowest BCUT2D eigenvalue weighted by atomic mass is 9.90. The van der Waals surface area contributed by atoms with Crippen LogP contribution < -0.4 is 10.1 Å². The van der Waals surface area contributed by atoms with Crippen molar-refractivity contribution in [1.29, 1.82) is 0 Å². The summed E-state index contributed by atoms with van der Waals surface area (Å²) < 4.78 is 5.27. The van der Waals surface area contributed by atoms with Crippen molar-refractivity contribution in [1.82, 2.24) is 15.3 Å². The summed E-state index contributed by atoms with van der Waals surface area (Å²) in [6.07, 6.45) is 5.16. The quantitative estimate of drug-likeness (QED) is 0.528. The lowest BCUT2D eigenvalue weighted by molar-refractivity contribution is -0.146. The monoisotopic (exact) mass is 457 g/mol. The largest absolute Gasteiger partial charge is 0.505 e. The first-order valence-electron chi connectivity index (χ1n) is 10.9. The van der Waals surface area contributed by atoms with Gasteiger partial charge in [0, 0.05) is 30.6 Å². The average molecular weight is 458 g/mol. The topological polar surface area (TPSA) is 122 Å². The van der Waals surface area contributed by atoms with Crippen LogP contribution >= 0.6 is 0 Å². The fourth-order valence-electron chi connectivity index (χ4n) is 2.97. The van der Waals surface area contributed by atoms with E-state index in [4.69, 9.17) is 4.74 Å². The van der Waals surface area contributed by atoms with E-state index in [1.165, 1.54) is 26.1 Å². The molecule has 0 aliphatic rings. The van der Waals surface area contributed by atoms with E-state index in [1.807, 2.05) is 32.9 Å². The van der Waals surface area contributed by atoms with Crippen molar-refractivity contribution < 1.29 is 24.5 Å². The van der Waals surface area contributed by atoms with Gasteiger partial charge in [-0.25, -0.2) is 9.97 Å². The summed E-state index contributed by atoms with van der Waals surface area (Å²) in [5.41, 5.74) is 2.02. The second-order valence-electron chi connectivity index (χ2n) is 8.13. The van der Waals surface area contributed by atoms with Crippen molar-refractivity contribution in [2.75, 3.05) is 13.7 Å². The Kier molecular flexibility index (Phi) is 10.0. The number of aromatic nitrogens is 2. The zero-order valence-corrected chi connectivity index (χ0v) is 20.7. The van der Waals surface area contributed by atoms with Crippen LogP contribution in [0, 0.1) is 5.41 Å². The van der Waals surface area contributed by atoms with Gasteiger partial charge in [0.15, 0.2) is 5.69 Å². The van der Waals surface area contributed by atoms with E-state index < -0.39 is 17.3 Å². The number of allylic oxidation sites excluding steroid dienone is 1. The smallest absolute Gasteiger partial charge is 0.310 e. The summed E-state index contributed by atoms with van der Waals surface area (Å²) in [4.78, 5) is 32.1. The van der Waals surface area contributed by atoms with Crippen LogP contribution in [0.25, 0.3) is 5.57 Å². The third-order valence-electron chi connectivity index (χ3n) is 4.98. The zero-order chi connectivity index (χ0) is 25.3. The number of rotatable bonds is 8. The summed E-state index contributed by atoms with van der Waals surface area (Å²) in [6.45, 7) is 12.9. The van der Waals surface area contributed by atoms with Crippen molar-refractivity contribution in [3.8, 4) is 11.6 Å². The Bertz CT molecular complexity index is 1010. The van der Waals surface area contributed by atoms with E-state index in [-0.39, 0.29) is 23.9 Å². The van der Waals surface area contributed by atoms with E-state index in [9.17, 15) is 19.8 Å². The van der Waals surface area contributed by atoms with Crippen molar-refractivity contribution in [3.63, 3.8) is 0 Å². The summed E-state index contributed by atoms with van der Waals surface area (Å²) >= 11 is 0. The highest BCUT2D eigenvalue weighted by Gasteiger charge is 2.28. The number of nitrogens with zero attached hydrogens (tertiary/aromatic N) is 2. The number of aliphatic carboxylic acids is 1. The Labute approximate surface area is 195 Å². The van der Waals surface area contributed by atoms with Crippen LogP contribution in [0.15, 0.2) is 30.6 Å². The van der Waals surface area contributed by atoms with Gasteiger partial charge < -0.3 is 20.3 Å². The molecular formula is C25H35N3O5. The fourth-order valence-corrected chi connectivity index (χ4v) is 2.97. The minimum absolute atomic E-state index is 0.0985. The predicted molar refractivity (Wildman–Crippen MR) is 129 cm³/mol. The molecule has 2 heterocycles. The molecule has 3 N–H and O–H groups in total. The number of amides is 1. The number of pyridine rings is 2. The predicted octanol–water partition coefficient (Wildman–Crippen LogP) is 4.63. The molecule has 0 aromatic carbocycles. The Hall–Kier alpha value is -3.42. The fraction of sp³-hybridized carbons (Fsp3) is 0.440. The van der Waals surface area contributed by atoms with Gasteiger partial charge in [-0.2, -0.15) is 0 Å². The van der Waals surface area contributed by atoms with Gasteiger partial charge >= 0.3 is 5.97 Å². The van der Waals surface area contributed by atoms with Crippen LogP contribution in [0.3, 0.4) is 0 Å². The molecule has 0 aliphatic heterocycles. The maximum atomic E-state index is 12.4. The molecule has 0 saturated carbocycles. The van der Waals surface area contributed by atoms with Gasteiger partial charge in [0.05, 0.1) is 12.5 Å². The van der Waals surface area contributed by atoms with Crippen LogP contribution in [0.4, 0.5) is 0 Å².